The largest absolute Gasteiger partial charge is 0.392 e. The molecule has 1 N–H and O–H groups in total. The van der Waals surface area contributed by atoms with Gasteiger partial charge in [0, 0.05) is 12.5 Å². The topological polar surface area (TPSA) is 29.5 Å². The van der Waals surface area contributed by atoms with Crippen molar-refractivity contribution in [2.24, 2.45) is 0 Å². The SMILES string of the molecule is COCc1ccc(C(C)(C)c2ccc(CO)cc2)cc1. The summed E-state index contributed by atoms with van der Waals surface area (Å²) in [7, 11) is 1.71. The Morgan fingerprint density at radius 1 is 0.850 bits per heavy atom. The minimum atomic E-state index is -0.0560. The summed E-state index contributed by atoms with van der Waals surface area (Å²) in [5, 5.41) is 9.12. The molecule has 0 fully saturated rings. The van der Waals surface area contributed by atoms with Crippen molar-refractivity contribution in [1.82, 2.24) is 0 Å². The molecule has 0 spiro atoms. The first kappa shape index (κ1) is 14.8. The Kier molecular flexibility index (Phi) is 4.58. The third-order valence-electron chi connectivity index (χ3n) is 3.84. The predicted octanol–water partition coefficient (Wildman–Crippen LogP) is 3.65. The zero-order valence-corrected chi connectivity index (χ0v) is 12.4. The first-order valence-corrected chi connectivity index (χ1v) is 6.86. The maximum Gasteiger partial charge on any atom is 0.0713 e. The smallest absolute Gasteiger partial charge is 0.0713 e. The Morgan fingerprint density at radius 2 is 1.30 bits per heavy atom. The number of methoxy groups -OCH3 is 1. The summed E-state index contributed by atoms with van der Waals surface area (Å²) in [6.45, 7) is 5.16. The van der Waals surface area contributed by atoms with E-state index in [1.54, 1.807) is 7.11 Å². The number of aliphatic hydroxyl groups is 1. The minimum Gasteiger partial charge on any atom is -0.392 e. The molecule has 20 heavy (non-hydrogen) atoms. The zero-order chi connectivity index (χ0) is 14.6. The molecule has 0 atom stereocenters. The lowest BCUT2D eigenvalue weighted by Crippen LogP contribution is -2.18. The van der Waals surface area contributed by atoms with Crippen LogP contribution in [0.2, 0.25) is 0 Å². The first-order valence-electron chi connectivity index (χ1n) is 6.86. The van der Waals surface area contributed by atoms with Gasteiger partial charge in [0.2, 0.25) is 0 Å². The van der Waals surface area contributed by atoms with E-state index < -0.39 is 0 Å². The highest BCUT2D eigenvalue weighted by Crippen LogP contribution is 2.31. The molecule has 0 aliphatic heterocycles. The van der Waals surface area contributed by atoms with Crippen molar-refractivity contribution >= 4 is 0 Å². The van der Waals surface area contributed by atoms with Gasteiger partial charge in [-0.15, -0.1) is 0 Å². The van der Waals surface area contributed by atoms with Crippen molar-refractivity contribution in [2.45, 2.75) is 32.5 Å². The third-order valence-corrected chi connectivity index (χ3v) is 3.84. The second kappa shape index (κ2) is 6.21. The van der Waals surface area contributed by atoms with Crippen molar-refractivity contribution in [2.75, 3.05) is 7.11 Å². The second-order valence-corrected chi connectivity index (χ2v) is 5.61. The van der Waals surface area contributed by atoms with Crippen molar-refractivity contribution in [3.05, 3.63) is 70.8 Å². The third kappa shape index (κ3) is 3.09. The van der Waals surface area contributed by atoms with Crippen LogP contribution in [-0.4, -0.2) is 12.2 Å². The lowest BCUT2D eigenvalue weighted by atomic mass is 9.78. The summed E-state index contributed by atoms with van der Waals surface area (Å²) in [4.78, 5) is 0. The molecule has 0 aromatic heterocycles. The quantitative estimate of drug-likeness (QED) is 0.898. The molecule has 0 aliphatic rings. The van der Waals surface area contributed by atoms with Crippen LogP contribution in [0.25, 0.3) is 0 Å². The second-order valence-electron chi connectivity index (χ2n) is 5.61. The molecule has 2 aromatic carbocycles. The fourth-order valence-electron chi connectivity index (χ4n) is 2.38. The van der Waals surface area contributed by atoms with Crippen LogP contribution in [0.5, 0.6) is 0 Å². The average molecular weight is 270 g/mol. The van der Waals surface area contributed by atoms with Gasteiger partial charge in [-0.3, -0.25) is 0 Å². The van der Waals surface area contributed by atoms with Crippen molar-refractivity contribution in [3.8, 4) is 0 Å². The summed E-state index contributed by atoms with van der Waals surface area (Å²) in [6, 6.07) is 16.7. The van der Waals surface area contributed by atoms with Crippen LogP contribution in [0.1, 0.15) is 36.1 Å². The van der Waals surface area contributed by atoms with E-state index in [1.807, 2.05) is 12.1 Å². The van der Waals surface area contributed by atoms with E-state index in [1.165, 1.54) is 16.7 Å². The summed E-state index contributed by atoms with van der Waals surface area (Å²) in [5.74, 6) is 0. The fraction of sp³-hybridized carbons (Fsp3) is 0.333. The summed E-state index contributed by atoms with van der Waals surface area (Å²) in [6.07, 6.45) is 0. The van der Waals surface area contributed by atoms with Gasteiger partial charge in [-0.25, -0.2) is 0 Å². The molecule has 0 radical (unpaired) electrons. The van der Waals surface area contributed by atoms with Gasteiger partial charge < -0.3 is 9.84 Å². The number of hydrogen-bond donors (Lipinski definition) is 1. The predicted molar refractivity (Wildman–Crippen MR) is 81.6 cm³/mol. The van der Waals surface area contributed by atoms with E-state index in [0.29, 0.717) is 6.61 Å². The van der Waals surface area contributed by atoms with Crippen LogP contribution < -0.4 is 0 Å². The molecular formula is C18H22O2. The maximum absolute atomic E-state index is 9.12. The van der Waals surface area contributed by atoms with Gasteiger partial charge in [-0.1, -0.05) is 62.4 Å². The van der Waals surface area contributed by atoms with Gasteiger partial charge in [0.05, 0.1) is 13.2 Å². The van der Waals surface area contributed by atoms with E-state index in [-0.39, 0.29) is 12.0 Å². The fourth-order valence-corrected chi connectivity index (χ4v) is 2.38. The maximum atomic E-state index is 9.12. The molecule has 0 saturated heterocycles. The molecule has 0 heterocycles. The highest BCUT2D eigenvalue weighted by Gasteiger charge is 2.22. The normalized spacial score (nSPS) is 11.6. The lowest BCUT2D eigenvalue weighted by Gasteiger charge is -2.26. The lowest BCUT2D eigenvalue weighted by molar-refractivity contribution is 0.185. The number of hydrogen-bond acceptors (Lipinski definition) is 2. The Balaban J connectivity index is 2.27. The van der Waals surface area contributed by atoms with E-state index in [4.69, 9.17) is 9.84 Å². The van der Waals surface area contributed by atoms with Crippen molar-refractivity contribution in [1.29, 1.82) is 0 Å². The Hall–Kier alpha value is -1.64. The van der Waals surface area contributed by atoms with Crippen LogP contribution in [-0.2, 0) is 23.4 Å². The zero-order valence-electron chi connectivity index (χ0n) is 12.4. The molecule has 2 heteroatoms. The van der Waals surface area contributed by atoms with Crippen LogP contribution in [0.15, 0.2) is 48.5 Å². The van der Waals surface area contributed by atoms with Gasteiger partial charge in [0.15, 0.2) is 0 Å². The van der Waals surface area contributed by atoms with E-state index in [0.717, 1.165) is 5.56 Å². The van der Waals surface area contributed by atoms with Gasteiger partial charge in [-0.2, -0.15) is 0 Å². The molecule has 2 aromatic rings. The summed E-state index contributed by atoms with van der Waals surface area (Å²) < 4.78 is 5.14. The van der Waals surface area contributed by atoms with Gasteiger partial charge in [0.25, 0.3) is 0 Å². The molecule has 0 aliphatic carbocycles. The highest BCUT2D eigenvalue weighted by molar-refractivity contribution is 5.39. The van der Waals surface area contributed by atoms with E-state index in [2.05, 4.69) is 50.2 Å². The molecule has 0 unspecified atom stereocenters. The number of benzene rings is 2. The van der Waals surface area contributed by atoms with Crippen molar-refractivity contribution < 1.29 is 9.84 Å². The minimum absolute atomic E-state index is 0.0560. The molecule has 2 nitrogen and oxygen atoms in total. The summed E-state index contributed by atoms with van der Waals surface area (Å²) >= 11 is 0. The molecular weight excluding hydrogens is 248 g/mol. The van der Waals surface area contributed by atoms with E-state index in [9.17, 15) is 0 Å². The Labute approximate surface area is 121 Å². The average Bonchev–Trinajstić information content (AvgIpc) is 2.48. The standard InChI is InChI=1S/C18H22O2/c1-18(2,16-8-4-14(12-19)5-9-16)17-10-6-15(7-11-17)13-20-3/h4-11,19H,12-13H2,1-3H3. The van der Waals surface area contributed by atoms with Crippen LogP contribution in [0, 0.1) is 0 Å². The number of ether oxygens (including phenoxy) is 1. The molecule has 0 saturated carbocycles. The van der Waals surface area contributed by atoms with Crippen LogP contribution in [0.3, 0.4) is 0 Å². The molecule has 0 bridgehead atoms. The summed E-state index contributed by atoms with van der Waals surface area (Å²) in [5.41, 5.74) is 4.59. The van der Waals surface area contributed by atoms with Gasteiger partial charge in [0.1, 0.15) is 0 Å². The number of rotatable bonds is 5. The number of aliphatic hydroxyl groups excluding tert-OH is 1. The van der Waals surface area contributed by atoms with Crippen LogP contribution >= 0.6 is 0 Å². The van der Waals surface area contributed by atoms with Crippen molar-refractivity contribution in [3.63, 3.8) is 0 Å². The van der Waals surface area contributed by atoms with E-state index >= 15 is 0 Å². The van der Waals surface area contributed by atoms with Gasteiger partial charge >= 0.3 is 0 Å². The molecule has 2 rings (SSSR count). The first-order chi connectivity index (χ1) is 9.57. The Morgan fingerprint density at radius 3 is 1.70 bits per heavy atom. The van der Waals surface area contributed by atoms with Crippen LogP contribution in [0.4, 0.5) is 0 Å². The monoisotopic (exact) mass is 270 g/mol. The molecule has 0 amide bonds. The molecule has 106 valence electrons. The highest BCUT2D eigenvalue weighted by atomic mass is 16.5. The van der Waals surface area contributed by atoms with Gasteiger partial charge in [-0.05, 0) is 22.3 Å². The Bertz CT molecular complexity index is 539.